The van der Waals surface area contributed by atoms with Crippen molar-refractivity contribution in [3.8, 4) is 56.8 Å². The van der Waals surface area contributed by atoms with E-state index in [1.807, 2.05) is 30.3 Å². The number of rotatable bonds is 10. The Kier molecular flexibility index (Phi) is 14.6. The molecule has 3 N–H and O–H groups in total. The topological polar surface area (TPSA) is 244 Å². The van der Waals surface area contributed by atoms with Crippen molar-refractivity contribution in [2.75, 3.05) is 0 Å². The van der Waals surface area contributed by atoms with Gasteiger partial charge < -0.3 is 5.73 Å². The first-order chi connectivity index (χ1) is 46.0. The van der Waals surface area contributed by atoms with Crippen molar-refractivity contribution in [3.05, 3.63) is 225 Å². The van der Waals surface area contributed by atoms with E-state index in [2.05, 4.69) is 107 Å². The molecule has 6 bridgehead atoms. The van der Waals surface area contributed by atoms with Crippen LogP contribution in [0.3, 0.4) is 0 Å². The van der Waals surface area contributed by atoms with E-state index in [4.69, 9.17) is 27.3 Å². The molecule has 8 aromatic heterocycles. The molecule has 96 heavy (non-hydrogen) atoms. The van der Waals surface area contributed by atoms with Gasteiger partial charge in [-0.1, -0.05) is 59.7 Å². The van der Waals surface area contributed by atoms with E-state index in [1.54, 1.807) is 49.2 Å². The summed E-state index contributed by atoms with van der Waals surface area (Å²) in [7, 11) is 0. The summed E-state index contributed by atoms with van der Waals surface area (Å²) in [5.74, 6) is -2.90. The zero-order chi connectivity index (χ0) is 67.0. The van der Waals surface area contributed by atoms with Crippen LogP contribution in [0.1, 0.15) is 149 Å². The van der Waals surface area contributed by atoms with Crippen molar-refractivity contribution in [3.63, 3.8) is 0 Å². The minimum atomic E-state index is -0.669. The third kappa shape index (κ3) is 9.09. The zero-order valence-electron chi connectivity index (χ0n) is 52.7. The summed E-state index contributed by atoms with van der Waals surface area (Å²) in [4.78, 5) is 38.4. The molecule has 11 aromatic rings. The van der Waals surface area contributed by atoms with Gasteiger partial charge >= 0.3 is 0 Å². The highest BCUT2D eigenvalue weighted by Crippen LogP contribution is 2.72. The summed E-state index contributed by atoms with van der Waals surface area (Å²) in [5.41, 5.74) is 12.5. The molecule has 3 aromatic carbocycles. The number of aromatic amines is 1. The van der Waals surface area contributed by atoms with Crippen LogP contribution in [0.2, 0.25) is 5.28 Å². The molecule has 25 heteroatoms. The van der Waals surface area contributed by atoms with Crippen LogP contribution in [0.15, 0.2) is 134 Å². The molecular weight excluding hydrogens is 1260 g/mol. The minimum absolute atomic E-state index is 0.0355. The first-order valence-corrected chi connectivity index (χ1v) is 31.8. The van der Waals surface area contributed by atoms with Crippen molar-refractivity contribution < 1.29 is 31.1 Å². The van der Waals surface area contributed by atoms with Crippen molar-refractivity contribution >= 4 is 17.5 Å². The van der Waals surface area contributed by atoms with Crippen LogP contribution < -0.4 is 5.73 Å². The van der Waals surface area contributed by atoms with Gasteiger partial charge in [-0.15, -0.1) is 15.3 Å². The molecule has 484 valence electrons. The maximum absolute atomic E-state index is 14.5. The second kappa shape index (κ2) is 22.5. The summed E-state index contributed by atoms with van der Waals surface area (Å²) >= 11 is 6.07. The Morgan fingerprint density at radius 3 is 1.27 bits per heavy atom. The predicted octanol–water partition coefficient (Wildman–Crippen LogP) is 13.6. The maximum Gasteiger partial charge on any atom is 0.239 e. The smallest absolute Gasteiger partial charge is 0.239 e. The van der Waals surface area contributed by atoms with Gasteiger partial charge in [0.1, 0.15) is 52.8 Å². The lowest BCUT2D eigenvalue weighted by atomic mass is 9.66. The molecule has 1 amide bonds. The molecule has 6 aliphatic rings. The first kappa shape index (κ1) is 62.0. The van der Waals surface area contributed by atoms with Gasteiger partial charge in [-0.05, 0) is 186 Å². The Morgan fingerprint density at radius 2 is 0.885 bits per heavy atom. The lowest BCUT2D eigenvalue weighted by Gasteiger charge is -2.37. The fourth-order valence-corrected chi connectivity index (χ4v) is 17.5. The Morgan fingerprint density at radius 1 is 0.500 bits per heavy atom. The number of amides is 1. The summed E-state index contributed by atoms with van der Waals surface area (Å²) in [6.45, 7) is 13.1. The van der Waals surface area contributed by atoms with E-state index in [1.165, 1.54) is 59.3 Å². The van der Waals surface area contributed by atoms with Crippen LogP contribution in [0, 0.1) is 51.1 Å². The number of aromatic nitrogens is 16. The van der Waals surface area contributed by atoms with Gasteiger partial charge in [0, 0.05) is 31.0 Å². The maximum atomic E-state index is 14.5. The van der Waals surface area contributed by atoms with Crippen LogP contribution in [-0.4, -0.2) is 86.4 Å². The number of fused-ring (bicyclic) bond motifs is 15. The monoisotopic (exact) mass is 1320 g/mol. The van der Waals surface area contributed by atoms with Crippen molar-refractivity contribution in [1.29, 1.82) is 0 Å². The van der Waals surface area contributed by atoms with Crippen molar-refractivity contribution in [2.24, 2.45) is 22.0 Å². The van der Waals surface area contributed by atoms with Crippen LogP contribution in [-0.2, 0) is 27.6 Å². The summed E-state index contributed by atoms with van der Waals surface area (Å²) < 4.78 is 87.8. The van der Waals surface area contributed by atoms with Crippen molar-refractivity contribution in [2.45, 2.75) is 121 Å². The Hall–Kier alpha value is -10.1. The second-order valence-corrected chi connectivity index (χ2v) is 27.5. The molecular formula is C71H60ClF6N17O. The van der Waals surface area contributed by atoms with Gasteiger partial charge in [0.25, 0.3) is 0 Å². The number of nitrogens with two attached hydrogens (primary N) is 1. The highest BCUT2D eigenvalue weighted by Gasteiger charge is 2.67. The number of carbonyl (C=O) groups excluding carboxylic acids is 1. The quantitative estimate of drug-likeness (QED) is 0.0955. The van der Waals surface area contributed by atoms with Crippen LogP contribution in [0.5, 0.6) is 0 Å². The normalized spacial score (nSPS) is 22.8. The molecule has 0 unspecified atom stereocenters. The van der Waals surface area contributed by atoms with E-state index in [9.17, 15) is 31.1 Å². The van der Waals surface area contributed by atoms with Crippen LogP contribution >= 0.6 is 11.6 Å². The summed E-state index contributed by atoms with van der Waals surface area (Å²) in [6, 6.07) is 26.0. The molecule has 0 aliphatic heterocycles. The number of H-pyrrole nitrogens is 1. The summed E-state index contributed by atoms with van der Waals surface area (Å²) in [6.07, 6.45) is 13.7. The van der Waals surface area contributed by atoms with Gasteiger partial charge in [-0.3, -0.25) is 14.6 Å². The third-order valence-electron chi connectivity index (χ3n) is 22.0. The highest BCUT2D eigenvalue weighted by molar-refractivity contribution is 6.28. The van der Waals surface area contributed by atoms with Gasteiger partial charge in [0.05, 0.1) is 84.2 Å². The fourth-order valence-electron chi connectivity index (χ4n) is 17.4. The number of primary amides is 1. The lowest BCUT2D eigenvalue weighted by molar-refractivity contribution is -0.118. The molecule has 17 rings (SSSR count). The van der Waals surface area contributed by atoms with E-state index >= 15 is 0 Å². The standard InChI is InChI=1S/C26H23F2N7O.C24H20F2N6.C21H17ClF2N4/c1-25(2)15-6-9-26(25,20-7-10-30-24(31-20)18-8-11-35(34-18)13-21(29)36)23-14(15)12-19(32-33-23)22-16(27)4-3-5-17(22)28;1-23(2)14-6-9-24(23,19-8-10-27-22(29-19)17-7-11-28-30-17)21-13(14)12-18(31-32-21)20-15(25)4-3-5-16(20)26;1-20(2)12-6-8-21(20,16-7-9-25-19(22)26-16)18-11(12)10-15(27-28-18)17-13(23)4-3-5-14(17)24/h3-5,7-8,10-12,15H,6,9,13H2,1-2H3,(H2,29,36);3-5,7-8,10-12,14H,6,9H2,1-2H3,(H,28,30);3-5,7,9-10,12H,6,8H2,1-2H3/t15-,26-;14-,24-;12-,21-/m000/s1. The summed E-state index contributed by atoms with van der Waals surface area (Å²) in [5, 5.41) is 37.9. The van der Waals surface area contributed by atoms with Crippen LogP contribution in [0.4, 0.5) is 26.3 Å². The lowest BCUT2D eigenvalue weighted by Crippen LogP contribution is -2.38. The SMILES string of the molecule is CC1(C)[C@H]2CC[C@]1(c1ccnc(-c3ccn(CC(N)=O)n3)n1)c1nnc(-c3c(F)cccc3F)cc12.CC1(C)[C@H]2CC[C@]1(c1ccnc(-c3ccn[nH]3)n1)c1nnc(-c3c(F)cccc3F)cc12.CC1(C)[C@H]2CC[C@]1(c1ccnc(Cl)n1)c1nnc(-c3c(F)cccc3F)cc12. The number of nitrogens with one attached hydrogen (secondary N) is 1. The average molecular weight is 1320 g/mol. The molecule has 3 saturated carbocycles. The molecule has 18 nitrogen and oxygen atoms in total. The molecule has 0 spiro atoms. The molecule has 6 atom stereocenters. The van der Waals surface area contributed by atoms with E-state index in [0.29, 0.717) is 17.3 Å². The van der Waals surface area contributed by atoms with Gasteiger partial charge in [-0.25, -0.2) is 56.2 Å². The van der Waals surface area contributed by atoms with Crippen molar-refractivity contribution in [1.82, 2.24) is 80.5 Å². The minimum Gasteiger partial charge on any atom is -0.368 e. The Balaban J connectivity index is 0.000000119. The van der Waals surface area contributed by atoms with Gasteiger partial charge in [-0.2, -0.15) is 25.5 Å². The Labute approximate surface area is 551 Å². The van der Waals surface area contributed by atoms with Crippen LogP contribution in [0.25, 0.3) is 56.8 Å². The molecule has 3 fully saturated rings. The van der Waals surface area contributed by atoms with E-state index < -0.39 is 57.1 Å². The number of hydrogen-bond donors (Lipinski definition) is 2. The van der Waals surface area contributed by atoms with E-state index in [-0.39, 0.29) is 79.6 Å². The number of benzene rings is 3. The van der Waals surface area contributed by atoms with Gasteiger partial charge in [0.2, 0.25) is 11.2 Å². The molecule has 8 heterocycles. The number of nitrogens with zero attached hydrogens (tertiary/aromatic N) is 15. The zero-order valence-corrected chi connectivity index (χ0v) is 53.5. The predicted molar refractivity (Wildman–Crippen MR) is 341 cm³/mol. The fraction of sp³-hybridized carbons (Fsp3) is 0.310. The largest absolute Gasteiger partial charge is 0.368 e. The van der Waals surface area contributed by atoms with Gasteiger partial charge in [0.15, 0.2) is 11.6 Å². The average Bonchev–Trinajstić information content (AvgIpc) is 1.53. The van der Waals surface area contributed by atoms with E-state index in [0.717, 1.165) is 95.1 Å². The molecule has 6 aliphatic carbocycles. The number of halogens is 7. The first-order valence-electron chi connectivity index (χ1n) is 31.5. The molecule has 0 saturated heterocycles. The number of carbonyl (C=O) groups is 1. The Bertz CT molecular complexity index is 4910. The third-order valence-corrected chi connectivity index (χ3v) is 22.2. The number of hydrogen-bond acceptors (Lipinski definition) is 15. The second-order valence-electron chi connectivity index (χ2n) is 27.1. The molecule has 0 radical (unpaired) electrons. The highest BCUT2D eigenvalue weighted by atomic mass is 35.5.